The molecule has 106 valence electrons. The number of carbonyl (C=O) groups is 1. The maximum Gasteiger partial charge on any atom is 0.259 e. The van der Waals surface area contributed by atoms with Gasteiger partial charge in [-0.3, -0.25) is 4.79 Å². The molecule has 1 amide bonds. The van der Waals surface area contributed by atoms with E-state index in [1.54, 1.807) is 24.3 Å². The number of nitrogens with zero attached hydrogens (tertiary/aromatic N) is 1. The van der Waals surface area contributed by atoms with E-state index in [1.807, 2.05) is 20.8 Å². The Morgan fingerprint density at radius 1 is 1.45 bits per heavy atom. The van der Waals surface area contributed by atoms with Crippen LogP contribution in [0.4, 0.5) is 0 Å². The number of ether oxygens (including phenoxy) is 2. The summed E-state index contributed by atoms with van der Waals surface area (Å²) in [5.74, 6) is 0.432. The third-order valence-electron chi connectivity index (χ3n) is 2.33. The largest absolute Gasteiger partial charge is 0.490 e. The summed E-state index contributed by atoms with van der Waals surface area (Å²) in [5, 5.41) is 8.83. The predicted molar refractivity (Wildman–Crippen MR) is 76.2 cm³/mol. The van der Waals surface area contributed by atoms with Crippen LogP contribution in [0.1, 0.15) is 26.3 Å². The fourth-order valence-corrected chi connectivity index (χ4v) is 1.56. The minimum absolute atomic E-state index is 0.0240. The fraction of sp³-hybridized carbons (Fsp3) is 0.333. The van der Waals surface area contributed by atoms with Crippen LogP contribution < -0.4 is 15.2 Å². The van der Waals surface area contributed by atoms with E-state index in [0.717, 1.165) is 0 Å². The number of amides is 1. The van der Waals surface area contributed by atoms with Gasteiger partial charge in [-0.15, -0.1) is 0 Å². The smallest absolute Gasteiger partial charge is 0.259 e. The molecule has 0 aliphatic heterocycles. The van der Waals surface area contributed by atoms with Gasteiger partial charge in [0.2, 0.25) is 0 Å². The first-order valence-electron chi connectivity index (χ1n) is 6.33. The highest BCUT2D eigenvalue weighted by molar-refractivity contribution is 6.00. The number of rotatable bonds is 6. The number of nitrogens with two attached hydrogens (primary N) is 1. The Hall–Kier alpha value is -2.48. The Kier molecular flexibility index (Phi) is 5.60. The van der Waals surface area contributed by atoms with Crippen molar-refractivity contribution in [3.63, 3.8) is 0 Å². The van der Waals surface area contributed by atoms with Gasteiger partial charge >= 0.3 is 0 Å². The van der Waals surface area contributed by atoms with Crippen molar-refractivity contribution in [3.05, 3.63) is 29.3 Å². The van der Waals surface area contributed by atoms with Gasteiger partial charge in [0, 0.05) is 0 Å². The molecule has 0 spiro atoms. The monoisotopic (exact) mass is 274 g/mol. The number of hydrogen-bond acceptors (Lipinski definition) is 4. The standard InChI is InChI=1S/C15H18N2O3/c1-4-19-14-8-11(7-12(9-16)15(17)18)5-6-13(14)20-10(2)3/h5-8,10H,4H2,1-3H3,(H2,17,18)/b12-7+. The molecule has 0 saturated heterocycles. The van der Waals surface area contributed by atoms with Crippen molar-refractivity contribution in [2.24, 2.45) is 5.73 Å². The molecule has 0 fully saturated rings. The number of benzene rings is 1. The fourth-order valence-electron chi connectivity index (χ4n) is 1.56. The van der Waals surface area contributed by atoms with Crippen LogP contribution in [-0.2, 0) is 4.79 Å². The van der Waals surface area contributed by atoms with Gasteiger partial charge in [-0.25, -0.2) is 0 Å². The topological polar surface area (TPSA) is 85.3 Å². The van der Waals surface area contributed by atoms with Gasteiger partial charge in [0.1, 0.15) is 11.6 Å². The molecule has 0 aromatic heterocycles. The van der Waals surface area contributed by atoms with Crippen molar-refractivity contribution in [2.75, 3.05) is 6.61 Å². The van der Waals surface area contributed by atoms with E-state index in [0.29, 0.717) is 23.7 Å². The lowest BCUT2D eigenvalue weighted by Gasteiger charge is -2.14. The molecule has 0 saturated carbocycles. The molecule has 0 aliphatic carbocycles. The van der Waals surface area contributed by atoms with Gasteiger partial charge in [0.25, 0.3) is 5.91 Å². The Labute approximate surface area is 118 Å². The molecule has 0 unspecified atom stereocenters. The maximum atomic E-state index is 11.0. The maximum absolute atomic E-state index is 11.0. The van der Waals surface area contributed by atoms with Crippen molar-refractivity contribution in [2.45, 2.75) is 26.9 Å². The second-order valence-electron chi connectivity index (χ2n) is 4.34. The number of hydrogen-bond donors (Lipinski definition) is 1. The summed E-state index contributed by atoms with van der Waals surface area (Å²) in [6, 6.07) is 6.95. The Morgan fingerprint density at radius 2 is 2.15 bits per heavy atom. The highest BCUT2D eigenvalue weighted by atomic mass is 16.5. The Balaban J connectivity index is 3.16. The summed E-state index contributed by atoms with van der Waals surface area (Å²) < 4.78 is 11.1. The second-order valence-corrected chi connectivity index (χ2v) is 4.34. The lowest BCUT2D eigenvalue weighted by atomic mass is 10.1. The molecule has 0 radical (unpaired) electrons. The molecule has 5 heteroatoms. The first kappa shape index (κ1) is 15.6. The van der Waals surface area contributed by atoms with Gasteiger partial charge in [-0.05, 0) is 44.5 Å². The average Bonchev–Trinajstić information content (AvgIpc) is 2.38. The lowest BCUT2D eigenvalue weighted by molar-refractivity contribution is -0.114. The first-order valence-corrected chi connectivity index (χ1v) is 6.33. The van der Waals surface area contributed by atoms with Crippen molar-refractivity contribution >= 4 is 12.0 Å². The van der Waals surface area contributed by atoms with E-state index >= 15 is 0 Å². The summed E-state index contributed by atoms with van der Waals surface area (Å²) in [5.41, 5.74) is 5.65. The summed E-state index contributed by atoms with van der Waals surface area (Å²) in [6.07, 6.45) is 1.44. The van der Waals surface area contributed by atoms with Gasteiger partial charge in [-0.2, -0.15) is 5.26 Å². The van der Waals surface area contributed by atoms with Crippen LogP contribution in [0, 0.1) is 11.3 Å². The summed E-state index contributed by atoms with van der Waals surface area (Å²) in [7, 11) is 0. The predicted octanol–water partition coefficient (Wildman–Crippen LogP) is 2.26. The van der Waals surface area contributed by atoms with Crippen LogP contribution >= 0.6 is 0 Å². The molecule has 0 aliphatic rings. The minimum atomic E-state index is -0.757. The third kappa shape index (κ3) is 4.32. The van der Waals surface area contributed by atoms with E-state index in [-0.39, 0.29) is 11.7 Å². The molecule has 0 heterocycles. The van der Waals surface area contributed by atoms with Crippen molar-refractivity contribution in [1.29, 1.82) is 5.26 Å². The molecule has 1 aromatic carbocycles. The lowest BCUT2D eigenvalue weighted by Crippen LogP contribution is -2.12. The van der Waals surface area contributed by atoms with Crippen LogP contribution in [-0.4, -0.2) is 18.6 Å². The second kappa shape index (κ2) is 7.19. The molecular formula is C15H18N2O3. The third-order valence-corrected chi connectivity index (χ3v) is 2.33. The average molecular weight is 274 g/mol. The van der Waals surface area contributed by atoms with Crippen molar-refractivity contribution in [3.8, 4) is 17.6 Å². The van der Waals surface area contributed by atoms with E-state index in [9.17, 15) is 4.79 Å². The van der Waals surface area contributed by atoms with E-state index in [1.165, 1.54) is 6.08 Å². The highest BCUT2D eigenvalue weighted by Crippen LogP contribution is 2.30. The molecule has 2 N–H and O–H groups in total. The quantitative estimate of drug-likeness (QED) is 0.637. The molecule has 20 heavy (non-hydrogen) atoms. The number of carbonyl (C=O) groups excluding carboxylic acids is 1. The molecule has 0 bridgehead atoms. The first-order chi connectivity index (χ1) is 9.47. The minimum Gasteiger partial charge on any atom is -0.490 e. The zero-order valence-electron chi connectivity index (χ0n) is 11.8. The molecular weight excluding hydrogens is 256 g/mol. The van der Waals surface area contributed by atoms with Gasteiger partial charge in [0.05, 0.1) is 12.7 Å². The van der Waals surface area contributed by atoms with Crippen LogP contribution in [0.15, 0.2) is 23.8 Å². The zero-order valence-corrected chi connectivity index (χ0v) is 11.8. The van der Waals surface area contributed by atoms with Crippen LogP contribution in [0.2, 0.25) is 0 Å². The summed E-state index contributed by atoms with van der Waals surface area (Å²) in [4.78, 5) is 11.0. The SMILES string of the molecule is CCOc1cc(/C=C(\C#N)C(N)=O)ccc1OC(C)C. The summed E-state index contributed by atoms with van der Waals surface area (Å²) in [6.45, 7) is 6.20. The van der Waals surface area contributed by atoms with Crippen LogP contribution in [0.3, 0.4) is 0 Å². The van der Waals surface area contributed by atoms with Crippen molar-refractivity contribution in [1.82, 2.24) is 0 Å². The van der Waals surface area contributed by atoms with Crippen LogP contribution in [0.5, 0.6) is 11.5 Å². The molecule has 0 atom stereocenters. The summed E-state index contributed by atoms with van der Waals surface area (Å²) >= 11 is 0. The Bertz CT molecular complexity index is 557. The van der Waals surface area contributed by atoms with Gasteiger partial charge in [-0.1, -0.05) is 6.07 Å². The van der Waals surface area contributed by atoms with E-state index in [4.69, 9.17) is 20.5 Å². The van der Waals surface area contributed by atoms with Gasteiger partial charge < -0.3 is 15.2 Å². The molecule has 1 rings (SSSR count). The number of nitriles is 1. The zero-order chi connectivity index (χ0) is 15.1. The Morgan fingerprint density at radius 3 is 2.65 bits per heavy atom. The number of primary amides is 1. The van der Waals surface area contributed by atoms with E-state index < -0.39 is 5.91 Å². The van der Waals surface area contributed by atoms with Crippen molar-refractivity contribution < 1.29 is 14.3 Å². The molecule has 1 aromatic rings. The molecule has 5 nitrogen and oxygen atoms in total. The van der Waals surface area contributed by atoms with E-state index in [2.05, 4.69) is 0 Å². The van der Waals surface area contributed by atoms with Gasteiger partial charge in [0.15, 0.2) is 11.5 Å². The normalized spacial score (nSPS) is 11.1. The highest BCUT2D eigenvalue weighted by Gasteiger charge is 2.09. The van der Waals surface area contributed by atoms with Crippen LogP contribution in [0.25, 0.3) is 6.08 Å².